The van der Waals surface area contributed by atoms with Crippen molar-refractivity contribution in [1.29, 1.82) is 0 Å². The molecule has 2 amide bonds. The molecule has 0 atom stereocenters. The summed E-state index contributed by atoms with van der Waals surface area (Å²) in [4.78, 5) is 18.2. The normalized spacial score (nSPS) is 19.1. The Morgan fingerprint density at radius 1 is 1.33 bits per heavy atom. The molecule has 15 heavy (non-hydrogen) atoms. The standard InChI is InChI=1S/C10H11ClN2O2/c1-10(2)13(9(14)12-15-10)8-5-3-7(11)4-6-8/h3-6H,1-2H3,(H,12,14). The third kappa shape index (κ3) is 1.78. The Hall–Kier alpha value is -1.26. The molecule has 2 rings (SSSR count). The first-order chi connectivity index (χ1) is 7.00. The Kier molecular flexibility index (Phi) is 2.32. The van der Waals surface area contributed by atoms with Crippen LogP contribution in [0.5, 0.6) is 0 Å². The second-order valence-corrected chi connectivity index (χ2v) is 4.20. The van der Waals surface area contributed by atoms with Crippen LogP contribution < -0.4 is 10.4 Å². The molecule has 0 aromatic heterocycles. The van der Waals surface area contributed by atoms with Gasteiger partial charge >= 0.3 is 6.03 Å². The summed E-state index contributed by atoms with van der Waals surface area (Å²) in [5, 5.41) is 0.636. The van der Waals surface area contributed by atoms with Gasteiger partial charge in [-0.3, -0.25) is 4.90 Å². The third-order valence-corrected chi connectivity index (χ3v) is 2.47. The number of anilines is 1. The molecule has 1 aromatic rings. The molecule has 1 fully saturated rings. The molecule has 0 spiro atoms. The van der Waals surface area contributed by atoms with Gasteiger partial charge < -0.3 is 0 Å². The summed E-state index contributed by atoms with van der Waals surface area (Å²) < 4.78 is 0. The van der Waals surface area contributed by atoms with E-state index in [9.17, 15) is 4.79 Å². The summed E-state index contributed by atoms with van der Waals surface area (Å²) in [6, 6.07) is 6.75. The quantitative estimate of drug-likeness (QED) is 0.800. The predicted octanol–water partition coefficient (Wildman–Crippen LogP) is 2.54. The summed E-state index contributed by atoms with van der Waals surface area (Å²) in [5.74, 6) is 0. The van der Waals surface area contributed by atoms with E-state index in [1.807, 2.05) is 0 Å². The Balaban J connectivity index is 2.37. The van der Waals surface area contributed by atoms with Gasteiger partial charge in [0, 0.05) is 10.7 Å². The Bertz CT molecular complexity index is 389. The van der Waals surface area contributed by atoms with Crippen molar-refractivity contribution in [2.24, 2.45) is 0 Å². The molecule has 5 heteroatoms. The van der Waals surface area contributed by atoms with E-state index in [-0.39, 0.29) is 6.03 Å². The van der Waals surface area contributed by atoms with Crippen molar-refractivity contribution < 1.29 is 9.63 Å². The average molecular weight is 227 g/mol. The molecule has 0 bridgehead atoms. The number of carbonyl (C=O) groups excluding carboxylic acids is 1. The molecule has 0 saturated carbocycles. The first-order valence-electron chi connectivity index (χ1n) is 4.54. The second-order valence-electron chi connectivity index (χ2n) is 3.77. The summed E-state index contributed by atoms with van der Waals surface area (Å²) in [6.45, 7) is 3.61. The van der Waals surface area contributed by atoms with E-state index >= 15 is 0 Å². The highest BCUT2D eigenvalue weighted by molar-refractivity contribution is 6.30. The van der Waals surface area contributed by atoms with Crippen molar-refractivity contribution in [3.8, 4) is 0 Å². The van der Waals surface area contributed by atoms with Gasteiger partial charge in [-0.1, -0.05) is 11.6 Å². The van der Waals surface area contributed by atoms with Gasteiger partial charge in [0.05, 0.1) is 0 Å². The molecule has 0 radical (unpaired) electrons. The summed E-state index contributed by atoms with van der Waals surface area (Å²) in [6.07, 6.45) is 0. The van der Waals surface area contributed by atoms with Crippen molar-refractivity contribution in [1.82, 2.24) is 5.48 Å². The van der Waals surface area contributed by atoms with Crippen molar-refractivity contribution in [3.63, 3.8) is 0 Å². The number of rotatable bonds is 1. The molecule has 80 valence electrons. The monoisotopic (exact) mass is 226 g/mol. The minimum absolute atomic E-state index is 0.276. The van der Waals surface area contributed by atoms with Crippen LogP contribution >= 0.6 is 11.6 Å². The number of hydrogen-bond acceptors (Lipinski definition) is 2. The highest BCUT2D eigenvalue weighted by Gasteiger charge is 2.40. The lowest BCUT2D eigenvalue weighted by atomic mass is 10.2. The van der Waals surface area contributed by atoms with Crippen molar-refractivity contribution in [3.05, 3.63) is 29.3 Å². The number of carbonyl (C=O) groups is 1. The molecule has 1 saturated heterocycles. The van der Waals surface area contributed by atoms with Crippen LogP contribution in [0.25, 0.3) is 0 Å². The van der Waals surface area contributed by atoms with Crippen LogP contribution in [0.1, 0.15) is 13.8 Å². The van der Waals surface area contributed by atoms with Crippen LogP contribution in [0, 0.1) is 0 Å². The Morgan fingerprint density at radius 2 is 1.93 bits per heavy atom. The Labute approximate surface area is 92.7 Å². The molecule has 1 N–H and O–H groups in total. The van der Waals surface area contributed by atoms with E-state index in [2.05, 4.69) is 5.48 Å². The third-order valence-electron chi connectivity index (χ3n) is 2.21. The molecular weight excluding hydrogens is 216 g/mol. The number of amides is 2. The zero-order valence-corrected chi connectivity index (χ0v) is 9.21. The zero-order chi connectivity index (χ0) is 11.1. The lowest BCUT2D eigenvalue weighted by Gasteiger charge is -2.27. The van der Waals surface area contributed by atoms with Crippen LogP contribution in [-0.2, 0) is 4.84 Å². The lowest BCUT2D eigenvalue weighted by Crippen LogP contribution is -2.41. The second kappa shape index (κ2) is 3.40. The number of hydroxylamine groups is 1. The molecule has 1 heterocycles. The zero-order valence-electron chi connectivity index (χ0n) is 8.45. The fourth-order valence-corrected chi connectivity index (χ4v) is 1.65. The molecule has 0 unspecified atom stereocenters. The molecule has 4 nitrogen and oxygen atoms in total. The van der Waals surface area contributed by atoms with Gasteiger partial charge in [0.1, 0.15) is 0 Å². The topological polar surface area (TPSA) is 41.6 Å². The van der Waals surface area contributed by atoms with Gasteiger partial charge in [-0.05, 0) is 38.1 Å². The smallest absolute Gasteiger partial charge is 0.261 e. The first kappa shape index (κ1) is 10.3. The van der Waals surface area contributed by atoms with E-state index in [0.29, 0.717) is 5.02 Å². The van der Waals surface area contributed by atoms with Gasteiger partial charge in [0.2, 0.25) is 0 Å². The van der Waals surface area contributed by atoms with Gasteiger partial charge in [-0.25, -0.2) is 15.1 Å². The van der Waals surface area contributed by atoms with Crippen molar-refractivity contribution in [2.75, 3.05) is 4.90 Å². The maximum absolute atomic E-state index is 11.5. The lowest BCUT2D eigenvalue weighted by molar-refractivity contribution is -0.0211. The van der Waals surface area contributed by atoms with E-state index in [0.717, 1.165) is 5.69 Å². The number of nitrogens with one attached hydrogen (secondary N) is 1. The van der Waals surface area contributed by atoms with E-state index < -0.39 is 5.72 Å². The van der Waals surface area contributed by atoms with Crippen molar-refractivity contribution >= 4 is 23.3 Å². The minimum Gasteiger partial charge on any atom is -0.261 e. The minimum atomic E-state index is -0.690. The van der Waals surface area contributed by atoms with Gasteiger partial charge in [0.25, 0.3) is 0 Å². The molecule has 1 aliphatic heterocycles. The van der Waals surface area contributed by atoms with Crippen LogP contribution in [-0.4, -0.2) is 11.8 Å². The maximum Gasteiger partial charge on any atom is 0.348 e. The largest absolute Gasteiger partial charge is 0.348 e. The fraction of sp³-hybridized carbons (Fsp3) is 0.300. The van der Waals surface area contributed by atoms with Crippen LogP contribution in [0.3, 0.4) is 0 Å². The SMILES string of the molecule is CC1(C)ONC(=O)N1c1ccc(Cl)cc1. The fourth-order valence-electron chi connectivity index (χ4n) is 1.52. The molecule has 1 aliphatic rings. The first-order valence-corrected chi connectivity index (χ1v) is 4.92. The van der Waals surface area contributed by atoms with Gasteiger partial charge in [0.15, 0.2) is 5.72 Å². The molecular formula is C10H11ClN2O2. The number of benzene rings is 1. The molecule has 0 aliphatic carbocycles. The summed E-state index contributed by atoms with van der Waals surface area (Å²) in [7, 11) is 0. The number of halogens is 1. The van der Waals surface area contributed by atoms with E-state index in [1.165, 1.54) is 4.90 Å². The highest BCUT2D eigenvalue weighted by atomic mass is 35.5. The number of hydrogen-bond donors (Lipinski definition) is 1. The summed E-state index contributed by atoms with van der Waals surface area (Å²) >= 11 is 5.78. The van der Waals surface area contributed by atoms with Gasteiger partial charge in [-0.2, -0.15) is 0 Å². The number of urea groups is 1. The van der Waals surface area contributed by atoms with E-state index in [4.69, 9.17) is 16.4 Å². The van der Waals surface area contributed by atoms with Crippen molar-refractivity contribution in [2.45, 2.75) is 19.6 Å². The summed E-state index contributed by atoms with van der Waals surface area (Å²) in [5.41, 5.74) is 2.39. The van der Waals surface area contributed by atoms with E-state index in [1.54, 1.807) is 38.1 Å². The highest BCUT2D eigenvalue weighted by Crippen LogP contribution is 2.29. The Morgan fingerprint density at radius 3 is 2.40 bits per heavy atom. The number of nitrogens with zero attached hydrogens (tertiary/aromatic N) is 1. The maximum atomic E-state index is 11.5. The van der Waals surface area contributed by atoms with Gasteiger partial charge in [-0.15, -0.1) is 0 Å². The van der Waals surface area contributed by atoms with Crippen LogP contribution in [0.4, 0.5) is 10.5 Å². The molecule has 1 aromatic carbocycles. The average Bonchev–Trinajstić information content (AvgIpc) is 2.43. The van der Waals surface area contributed by atoms with Crippen LogP contribution in [0.15, 0.2) is 24.3 Å². The predicted molar refractivity (Wildman–Crippen MR) is 57.6 cm³/mol. The van der Waals surface area contributed by atoms with Crippen LogP contribution in [0.2, 0.25) is 5.02 Å².